The summed E-state index contributed by atoms with van der Waals surface area (Å²) in [5, 5.41) is 8.51. The van der Waals surface area contributed by atoms with Gasteiger partial charge >= 0.3 is 0 Å². The summed E-state index contributed by atoms with van der Waals surface area (Å²) in [6, 6.07) is 6.95. The average Bonchev–Trinajstić information content (AvgIpc) is 3.39. The maximum atomic E-state index is 13.0. The highest BCUT2D eigenvalue weighted by atomic mass is 32.2. The number of fused-ring (bicyclic) bond motifs is 2. The number of thioether (sulfide) groups is 1. The molecule has 1 saturated carbocycles. The first kappa shape index (κ1) is 24.8. The number of likely N-dealkylation sites (tertiary alicyclic amines) is 1. The molecule has 10 heteroatoms. The molecule has 1 aromatic heterocycles. The topological polar surface area (TPSA) is 96.6 Å². The van der Waals surface area contributed by atoms with Crippen LogP contribution in [0.15, 0.2) is 38.8 Å². The van der Waals surface area contributed by atoms with Gasteiger partial charge in [0.2, 0.25) is 21.8 Å². The lowest BCUT2D eigenvalue weighted by Gasteiger charge is -2.39. The SMILES string of the molecule is CC1(C)C[C@@H]2C[C@@](C)(CN2C(=O)CSc2nnc(-c3cccc(S(=O)(=O)N4CCCCC4)c3)o2)C1. The van der Waals surface area contributed by atoms with E-state index in [1.54, 1.807) is 28.6 Å². The Morgan fingerprint density at radius 2 is 1.91 bits per heavy atom. The molecule has 190 valence electrons. The Morgan fingerprint density at radius 1 is 1.14 bits per heavy atom. The van der Waals surface area contributed by atoms with Gasteiger partial charge in [-0.1, -0.05) is 45.0 Å². The zero-order valence-corrected chi connectivity index (χ0v) is 22.3. The molecule has 0 unspecified atom stereocenters. The van der Waals surface area contributed by atoms with Crippen LogP contribution in [0, 0.1) is 10.8 Å². The first-order valence-electron chi connectivity index (χ1n) is 12.4. The number of benzene rings is 1. The summed E-state index contributed by atoms with van der Waals surface area (Å²) in [6.45, 7) is 8.81. The predicted molar refractivity (Wildman–Crippen MR) is 134 cm³/mol. The van der Waals surface area contributed by atoms with Crippen LogP contribution < -0.4 is 0 Å². The van der Waals surface area contributed by atoms with E-state index in [2.05, 4.69) is 31.0 Å². The maximum Gasteiger partial charge on any atom is 0.277 e. The highest BCUT2D eigenvalue weighted by Gasteiger charge is 2.50. The number of aromatic nitrogens is 2. The number of nitrogens with zero attached hydrogens (tertiary/aromatic N) is 4. The number of carbonyl (C=O) groups excluding carboxylic acids is 1. The molecule has 3 aliphatic rings. The van der Waals surface area contributed by atoms with Crippen LogP contribution in [0.5, 0.6) is 0 Å². The summed E-state index contributed by atoms with van der Waals surface area (Å²) in [7, 11) is -3.55. The molecule has 3 fully saturated rings. The minimum Gasteiger partial charge on any atom is -0.411 e. The van der Waals surface area contributed by atoms with Crippen molar-refractivity contribution >= 4 is 27.7 Å². The number of sulfonamides is 1. The van der Waals surface area contributed by atoms with Crippen LogP contribution in [0.4, 0.5) is 0 Å². The van der Waals surface area contributed by atoms with Gasteiger partial charge in [0.1, 0.15) is 0 Å². The first-order chi connectivity index (χ1) is 16.5. The molecular weight excluding hydrogens is 484 g/mol. The maximum absolute atomic E-state index is 13.0. The minimum atomic E-state index is -3.55. The van der Waals surface area contributed by atoms with Crippen molar-refractivity contribution in [2.24, 2.45) is 10.8 Å². The van der Waals surface area contributed by atoms with E-state index < -0.39 is 10.0 Å². The molecule has 2 aromatic rings. The van der Waals surface area contributed by atoms with Gasteiger partial charge in [-0.3, -0.25) is 4.79 Å². The van der Waals surface area contributed by atoms with Gasteiger partial charge in [0, 0.05) is 31.2 Å². The summed E-state index contributed by atoms with van der Waals surface area (Å²) in [5.74, 6) is 0.607. The van der Waals surface area contributed by atoms with Crippen molar-refractivity contribution in [3.05, 3.63) is 24.3 Å². The molecule has 1 amide bonds. The molecule has 0 radical (unpaired) electrons. The van der Waals surface area contributed by atoms with Gasteiger partial charge in [0.05, 0.1) is 10.6 Å². The van der Waals surface area contributed by atoms with Crippen LogP contribution >= 0.6 is 11.8 Å². The van der Waals surface area contributed by atoms with Gasteiger partial charge in [-0.05, 0) is 61.1 Å². The van der Waals surface area contributed by atoms with Crippen molar-refractivity contribution in [3.8, 4) is 11.5 Å². The van der Waals surface area contributed by atoms with E-state index in [1.807, 2.05) is 4.90 Å². The number of rotatable bonds is 6. The van der Waals surface area contributed by atoms with Gasteiger partial charge in [-0.25, -0.2) is 8.42 Å². The second-order valence-corrected chi connectivity index (χ2v) is 14.3. The summed E-state index contributed by atoms with van der Waals surface area (Å²) >= 11 is 1.24. The van der Waals surface area contributed by atoms with E-state index >= 15 is 0 Å². The molecule has 8 nitrogen and oxygen atoms in total. The first-order valence-corrected chi connectivity index (χ1v) is 14.8. The third kappa shape index (κ3) is 5.15. The molecular formula is C25H34N4O4S2. The van der Waals surface area contributed by atoms with E-state index in [1.165, 1.54) is 11.8 Å². The number of amides is 1. The number of hydrogen-bond acceptors (Lipinski definition) is 7. The molecule has 3 heterocycles. The fourth-order valence-corrected chi connectivity index (χ4v) is 8.60. The van der Waals surface area contributed by atoms with Crippen LogP contribution in [0.25, 0.3) is 11.5 Å². The highest BCUT2D eigenvalue weighted by molar-refractivity contribution is 7.99. The molecule has 2 bridgehead atoms. The lowest BCUT2D eigenvalue weighted by molar-refractivity contribution is -0.129. The average molecular weight is 519 g/mol. The predicted octanol–water partition coefficient (Wildman–Crippen LogP) is 4.43. The van der Waals surface area contributed by atoms with E-state index in [4.69, 9.17) is 4.42 Å². The van der Waals surface area contributed by atoms with Crippen molar-refractivity contribution in [2.75, 3.05) is 25.4 Å². The van der Waals surface area contributed by atoms with Crippen LogP contribution in [0.3, 0.4) is 0 Å². The van der Waals surface area contributed by atoms with Crippen molar-refractivity contribution in [3.63, 3.8) is 0 Å². The molecule has 0 spiro atoms. The van der Waals surface area contributed by atoms with Gasteiger partial charge in [-0.15, -0.1) is 10.2 Å². The van der Waals surface area contributed by atoms with Crippen LogP contribution in [0.2, 0.25) is 0 Å². The second kappa shape index (κ2) is 9.19. The Balaban J connectivity index is 1.24. The number of hydrogen-bond donors (Lipinski definition) is 0. The lowest BCUT2D eigenvalue weighted by atomic mass is 9.65. The minimum absolute atomic E-state index is 0.107. The molecule has 2 atom stereocenters. The Hall–Kier alpha value is -1.91. The van der Waals surface area contributed by atoms with E-state index in [0.29, 0.717) is 29.9 Å². The van der Waals surface area contributed by atoms with Crippen molar-refractivity contribution < 1.29 is 17.6 Å². The van der Waals surface area contributed by atoms with Gasteiger partial charge < -0.3 is 9.32 Å². The molecule has 5 rings (SSSR count). The van der Waals surface area contributed by atoms with Crippen molar-refractivity contribution in [1.29, 1.82) is 0 Å². The second-order valence-electron chi connectivity index (χ2n) is 11.4. The van der Waals surface area contributed by atoms with E-state index in [9.17, 15) is 13.2 Å². The van der Waals surface area contributed by atoms with Crippen molar-refractivity contribution in [1.82, 2.24) is 19.4 Å². The molecule has 35 heavy (non-hydrogen) atoms. The van der Waals surface area contributed by atoms with E-state index in [-0.39, 0.29) is 33.3 Å². The Labute approximate surface area is 211 Å². The molecule has 1 aliphatic carbocycles. The van der Waals surface area contributed by atoms with Crippen LogP contribution in [-0.4, -0.2) is 65.2 Å². The third-order valence-electron chi connectivity index (χ3n) is 7.49. The fraction of sp³-hybridized carbons (Fsp3) is 0.640. The third-order valence-corrected chi connectivity index (χ3v) is 10.2. The Kier molecular flexibility index (Phi) is 6.51. The molecule has 2 aliphatic heterocycles. The van der Waals surface area contributed by atoms with E-state index in [0.717, 1.165) is 45.1 Å². The molecule has 0 N–H and O–H groups in total. The highest BCUT2D eigenvalue weighted by Crippen LogP contribution is 2.52. The zero-order chi connectivity index (χ0) is 24.8. The summed E-state index contributed by atoms with van der Waals surface area (Å²) < 4.78 is 33.4. The normalized spacial score (nSPS) is 26.7. The smallest absolute Gasteiger partial charge is 0.277 e. The van der Waals surface area contributed by atoms with Gasteiger partial charge in [0.25, 0.3) is 5.22 Å². The summed E-state index contributed by atoms with van der Waals surface area (Å²) in [5.41, 5.74) is 1.01. The van der Waals surface area contributed by atoms with Crippen LogP contribution in [0.1, 0.15) is 59.3 Å². The summed E-state index contributed by atoms with van der Waals surface area (Å²) in [4.78, 5) is 15.3. The monoisotopic (exact) mass is 518 g/mol. The standard InChI is InChI=1S/C25H34N4O4S2/c1-24(2)13-19-14-25(3,16-24)17-29(19)21(30)15-34-23-27-26-22(33-23)18-8-7-9-20(12-18)35(31,32)28-10-5-4-6-11-28/h7-9,12,19H,4-6,10-11,13-17H2,1-3H3/t19-,25-/m1/s1. The van der Waals surface area contributed by atoms with Gasteiger partial charge in [0.15, 0.2) is 0 Å². The quantitative estimate of drug-likeness (QED) is 0.522. The van der Waals surface area contributed by atoms with Crippen molar-refractivity contribution in [2.45, 2.75) is 75.5 Å². The zero-order valence-electron chi connectivity index (χ0n) is 20.7. The van der Waals surface area contributed by atoms with Crippen LogP contribution in [-0.2, 0) is 14.8 Å². The largest absolute Gasteiger partial charge is 0.411 e. The lowest BCUT2D eigenvalue weighted by Crippen LogP contribution is -2.38. The number of carbonyl (C=O) groups is 1. The Bertz CT molecular complexity index is 1210. The number of piperidine rings is 1. The van der Waals surface area contributed by atoms with Gasteiger partial charge in [-0.2, -0.15) is 4.31 Å². The molecule has 2 saturated heterocycles. The fourth-order valence-electron chi connectivity index (χ4n) is 6.39. The Morgan fingerprint density at radius 3 is 2.69 bits per heavy atom. The molecule has 1 aromatic carbocycles. The summed E-state index contributed by atoms with van der Waals surface area (Å²) in [6.07, 6.45) is 6.10.